The van der Waals surface area contributed by atoms with Gasteiger partial charge >= 0.3 is 0 Å². The standard InChI is InChI=1S/C13H25N/c1-11(2)5-4-8-14-9-13(10-14)12-6-3-7-12/h11-13H,3-10H2,1-2H3. The van der Waals surface area contributed by atoms with Crippen molar-refractivity contribution in [1.82, 2.24) is 4.90 Å². The molecule has 82 valence electrons. The third-order valence-electron chi connectivity index (χ3n) is 4.06. The zero-order valence-corrected chi connectivity index (χ0v) is 9.84. The summed E-state index contributed by atoms with van der Waals surface area (Å²) in [7, 11) is 0. The average Bonchev–Trinajstić information content (AvgIpc) is 1.95. The predicted octanol–water partition coefficient (Wildman–Crippen LogP) is 3.15. The fourth-order valence-corrected chi connectivity index (χ4v) is 2.72. The van der Waals surface area contributed by atoms with Gasteiger partial charge < -0.3 is 4.90 Å². The Hall–Kier alpha value is -0.0400. The third-order valence-corrected chi connectivity index (χ3v) is 4.06. The lowest BCUT2D eigenvalue weighted by molar-refractivity contribution is 0.0253. The number of hydrogen-bond acceptors (Lipinski definition) is 1. The summed E-state index contributed by atoms with van der Waals surface area (Å²) < 4.78 is 0. The van der Waals surface area contributed by atoms with Gasteiger partial charge in [0, 0.05) is 13.1 Å². The maximum Gasteiger partial charge on any atom is 0.00247 e. The molecular weight excluding hydrogens is 170 g/mol. The lowest BCUT2D eigenvalue weighted by atomic mass is 9.72. The van der Waals surface area contributed by atoms with E-state index in [2.05, 4.69) is 18.7 Å². The largest absolute Gasteiger partial charge is 0.303 e. The smallest absolute Gasteiger partial charge is 0.00247 e. The lowest BCUT2D eigenvalue weighted by Gasteiger charge is -2.46. The average molecular weight is 195 g/mol. The molecule has 0 aromatic heterocycles. The van der Waals surface area contributed by atoms with E-state index in [0.29, 0.717) is 0 Å². The van der Waals surface area contributed by atoms with E-state index in [0.717, 1.165) is 17.8 Å². The maximum absolute atomic E-state index is 2.66. The van der Waals surface area contributed by atoms with Crippen LogP contribution in [0, 0.1) is 17.8 Å². The maximum atomic E-state index is 2.66. The second-order valence-electron chi connectivity index (χ2n) is 5.75. The van der Waals surface area contributed by atoms with E-state index in [1.165, 1.54) is 51.7 Å². The van der Waals surface area contributed by atoms with Gasteiger partial charge in [-0.15, -0.1) is 0 Å². The van der Waals surface area contributed by atoms with Crippen LogP contribution in [0.1, 0.15) is 46.0 Å². The fourth-order valence-electron chi connectivity index (χ4n) is 2.72. The Balaban J connectivity index is 1.50. The summed E-state index contributed by atoms with van der Waals surface area (Å²) in [4.78, 5) is 2.66. The van der Waals surface area contributed by atoms with Crippen molar-refractivity contribution in [2.75, 3.05) is 19.6 Å². The van der Waals surface area contributed by atoms with Crippen molar-refractivity contribution >= 4 is 0 Å². The highest BCUT2D eigenvalue weighted by Gasteiger charge is 2.35. The van der Waals surface area contributed by atoms with Crippen LogP contribution in [-0.4, -0.2) is 24.5 Å². The molecule has 14 heavy (non-hydrogen) atoms. The molecule has 0 radical (unpaired) electrons. The molecule has 0 spiro atoms. The Bertz CT molecular complexity index is 166. The predicted molar refractivity (Wildman–Crippen MR) is 61.3 cm³/mol. The SMILES string of the molecule is CC(C)CCCN1CC(C2CCC2)C1. The number of nitrogens with zero attached hydrogens (tertiary/aromatic N) is 1. The number of likely N-dealkylation sites (tertiary alicyclic amines) is 1. The molecule has 1 heterocycles. The van der Waals surface area contributed by atoms with E-state index in [-0.39, 0.29) is 0 Å². The molecule has 0 atom stereocenters. The van der Waals surface area contributed by atoms with Crippen LogP contribution in [0.15, 0.2) is 0 Å². The first-order valence-corrected chi connectivity index (χ1v) is 6.48. The molecule has 0 bridgehead atoms. The molecule has 0 unspecified atom stereocenters. The fraction of sp³-hybridized carbons (Fsp3) is 1.00. The van der Waals surface area contributed by atoms with Gasteiger partial charge in [0.2, 0.25) is 0 Å². The summed E-state index contributed by atoms with van der Waals surface area (Å²) in [6, 6.07) is 0. The van der Waals surface area contributed by atoms with Gasteiger partial charge in [0.05, 0.1) is 0 Å². The molecule has 1 aliphatic carbocycles. The van der Waals surface area contributed by atoms with Gasteiger partial charge in [-0.05, 0) is 37.1 Å². The summed E-state index contributed by atoms with van der Waals surface area (Å²) in [6.07, 6.45) is 7.39. The zero-order valence-electron chi connectivity index (χ0n) is 9.84. The summed E-state index contributed by atoms with van der Waals surface area (Å²) in [5, 5.41) is 0. The highest BCUT2D eigenvalue weighted by atomic mass is 15.2. The minimum absolute atomic E-state index is 0.888. The van der Waals surface area contributed by atoms with E-state index in [1.54, 1.807) is 0 Å². The second-order valence-corrected chi connectivity index (χ2v) is 5.75. The Labute approximate surface area is 88.9 Å². The van der Waals surface area contributed by atoms with Crippen LogP contribution in [-0.2, 0) is 0 Å². The van der Waals surface area contributed by atoms with Crippen LogP contribution in [0.4, 0.5) is 0 Å². The molecule has 0 N–H and O–H groups in total. The number of rotatable bonds is 5. The van der Waals surface area contributed by atoms with Crippen LogP contribution in [0.25, 0.3) is 0 Å². The zero-order chi connectivity index (χ0) is 9.97. The van der Waals surface area contributed by atoms with E-state index < -0.39 is 0 Å². The third kappa shape index (κ3) is 2.50. The summed E-state index contributed by atoms with van der Waals surface area (Å²) in [5.41, 5.74) is 0. The molecule has 0 amide bonds. The molecule has 1 aliphatic heterocycles. The Morgan fingerprint density at radius 2 is 1.86 bits per heavy atom. The van der Waals surface area contributed by atoms with Gasteiger partial charge in [0.15, 0.2) is 0 Å². The Kier molecular flexibility index (Phi) is 3.48. The van der Waals surface area contributed by atoms with E-state index in [1.807, 2.05) is 0 Å². The minimum Gasteiger partial charge on any atom is -0.303 e. The Morgan fingerprint density at radius 1 is 1.14 bits per heavy atom. The van der Waals surface area contributed by atoms with E-state index in [4.69, 9.17) is 0 Å². The molecular formula is C13H25N. The lowest BCUT2D eigenvalue weighted by Crippen LogP contribution is -2.51. The molecule has 1 saturated heterocycles. The number of hydrogen-bond donors (Lipinski definition) is 0. The highest BCUT2D eigenvalue weighted by molar-refractivity contribution is 4.88. The van der Waals surface area contributed by atoms with Gasteiger partial charge in [-0.3, -0.25) is 0 Å². The summed E-state index contributed by atoms with van der Waals surface area (Å²) in [5.74, 6) is 3.10. The molecule has 2 aliphatic rings. The first-order chi connectivity index (χ1) is 6.75. The van der Waals surface area contributed by atoms with Crippen LogP contribution in [0.5, 0.6) is 0 Å². The second kappa shape index (κ2) is 4.65. The van der Waals surface area contributed by atoms with Gasteiger partial charge in [0.1, 0.15) is 0 Å². The monoisotopic (exact) mass is 195 g/mol. The van der Waals surface area contributed by atoms with Gasteiger partial charge in [-0.2, -0.15) is 0 Å². The summed E-state index contributed by atoms with van der Waals surface area (Å²) >= 11 is 0. The van der Waals surface area contributed by atoms with Crippen LogP contribution >= 0.6 is 0 Å². The van der Waals surface area contributed by atoms with E-state index in [9.17, 15) is 0 Å². The van der Waals surface area contributed by atoms with Gasteiger partial charge in [-0.25, -0.2) is 0 Å². The van der Waals surface area contributed by atoms with Crippen molar-refractivity contribution in [1.29, 1.82) is 0 Å². The van der Waals surface area contributed by atoms with Crippen molar-refractivity contribution in [3.63, 3.8) is 0 Å². The molecule has 0 aromatic rings. The van der Waals surface area contributed by atoms with Crippen LogP contribution in [0.2, 0.25) is 0 Å². The normalized spacial score (nSPS) is 25.1. The molecule has 0 aromatic carbocycles. The molecule has 1 heteroatoms. The first-order valence-electron chi connectivity index (χ1n) is 6.48. The molecule has 1 nitrogen and oxygen atoms in total. The molecule has 2 fully saturated rings. The Morgan fingerprint density at radius 3 is 2.36 bits per heavy atom. The quantitative estimate of drug-likeness (QED) is 0.651. The van der Waals surface area contributed by atoms with Crippen molar-refractivity contribution in [3.8, 4) is 0 Å². The van der Waals surface area contributed by atoms with Crippen LogP contribution in [0.3, 0.4) is 0 Å². The molecule has 1 saturated carbocycles. The van der Waals surface area contributed by atoms with Crippen molar-refractivity contribution < 1.29 is 0 Å². The minimum atomic E-state index is 0.888. The van der Waals surface area contributed by atoms with Crippen molar-refractivity contribution in [2.45, 2.75) is 46.0 Å². The van der Waals surface area contributed by atoms with Crippen LogP contribution < -0.4 is 0 Å². The van der Waals surface area contributed by atoms with Gasteiger partial charge in [-0.1, -0.05) is 33.1 Å². The highest BCUT2D eigenvalue weighted by Crippen LogP contribution is 2.38. The topological polar surface area (TPSA) is 3.24 Å². The van der Waals surface area contributed by atoms with Crippen molar-refractivity contribution in [3.05, 3.63) is 0 Å². The first kappa shape index (κ1) is 10.5. The summed E-state index contributed by atoms with van der Waals surface area (Å²) in [6.45, 7) is 8.85. The van der Waals surface area contributed by atoms with Gasteiger partial charge in [0.25, 0.3) is 0 Å². The van der Waals surface area contributed by atoms with Crippen molar-refractivity contribution in [2.24, 2.45) is 17.8 Å². The molecule has 2 rings (SSSR count). The van der Waals surface area contributed by atoms with E-state index >= 15 is 0 Å².